The molecule has 0 amide bonds. The van der Waals surface area contributed by atoms with Crippen LogP contribution in [0.3, 0.4) is 0 Å². The van der Waals surface area contributed by atoms with E-state index in [0.717, 1.165) is 21.5 Å². The monoisotopic (exact) mass is 332 g/mol. The first-order valence-corrected chi connectivity index (χ1v) is 7.94. The largest absolute Gasteiger partial charge is 0.462 e. The number of thiophene rings is 1. The molecule has 1 N–H and O–H groups in total. The predicted molar refractivity (Wildman–Crippen MR) is 90.3 cm³/mol. The predicted octanol–water partition coefficient (Wildman–Crippen LogP) is 4.87. The minimum Gasteiger partial charge on any atom is -0.462 e. The number of hydrogen-bond acceptors (Lipinski definition) is 5. The van der Waals surface area contributed by atoms with Crippen molar-refractivity contribution in [2.45, 2.75) is 6.92 Å². The van der Waals surface area contributed by atoms with Crippen LogP contribution in [0.4, 0.5) is 11.4 Å². The van der Waals surface area contributed by atoms with Crippen LogP contribution in [0.5, 0.6) is 0 Å². The number of nitrogens with zero attached hydrogens (tertiary/aromatic N) is 1. The smallest absolute Gasteiger partial charge is 0.350 e. The van der Waals surface area contributed by atoms with Crippen molar-refractivity contribution in [3.8, 4) is 0 Å². The number of carbonyl (C=O) groups excluding carboxylic acids is 1. The van der Waals surface area contributed by atoms with E-state index in [0.29, 0.717) is 16.5 Å². The van der Waals surface area contributed by atoms with Gasteiger partial charge in [0.25, 0.3) is 0 Å². The Balaban J connectivity index is 2.07. The van der Waals surface area contributed by atoms with Gasteiger partial charge in [-0.3, -0.25) is 4.98 Å². The molecule has 1 aromatic carbocycles. The molecule has 0 spiro atoms. The molecule has 2 heterocycles. The number of carbonyl (C=O) groups is 1. The van der Waals surface area contributed by atoms with Gasteiger partial charge in [-0.15, -0.1) is 11.3 Å². The average molecular weight is 333 g/mol. The van der Waals surface area contributed by atoms with Gasteiger partial charge in [0.2, 0.25) is 0 Å². The zero-order valence-electron chi connectivity index (χ0n) is 11.8. The minimum atomic E-state index is -0.333. The number of nitrogens with one attached hydrogen (secondary N) is 1. The molecule has 112 valence electrons. The van der Waals surface area contributed by atoms with Crippen LogP contribution in [0, 0.1) is 0 Å². The van der Waals surface area contributed by atoms with Crippen LogP contribution in [0.15, 0.2) is 42.7 Å². The molecule has 0 aliphatic heterocycles. The highest BCUT2D eigenvalue weighted by molar-refractivity contribution is 7.21. The van der Waals surface area contributed by atoms with Gasteiger partial charge in [-0.25, -0.2) is 4.79 Å². The maximum atomic E-state index is 12.2. The van der Waals surface area contributed by atoms with Gasteiger partial charge in [0.05, 0.1) is 17.0 Å². The van der Waals surface area contributed by atoms with E-state index < -0.39 is 0 Å². The number of esters is 1. The van der Waals surface area contributed by atoms with Crippen molar-refractivity contribution >= 4 is 50.4 Å². The number of anilines is 2. The van der Waals surface area contributed by atoms with E-state index in [9.17, 15) is 4.79 Å². The van der Waals surface area contributed by atoms with Crippen LogP contribution < -0.4 is 5.32 Å². The number of benzene rings is 1. The van der Waals surface area contributed by atoms with Crippen molar-refractivity contribution in [2.24, 2.45) is 0 Å². The quantitative estimate of drug-likeness (QED) is 0.692. The van der Waals surface area contributed by atoms with Crippen LogP contribution in [0.2, 0.25) is 5.02 Å². The average Bonchev–Trinajstić information content (AvgIpc) is 2.89. The molecule has 2 aromatic heterocycles. The maximum absolute atomic E-state index is 12.2. The molecule has 3 rings (SSSR count). The third-order valence-corrected chi connectivity index (χ3v) is 4.44. The Bertz CT molecular complexity index is 815. The lowest BCUT2D eigenvalue weighted by atomic mass is 10.2. The summed E-state index contributed by atoms with van der Waals surface area (Å²) in [6, 6.07) is 9.20. The summed E-state index contributed by atoms with van der Waals surface area (Å²) in [7, 11) is 0. The number of pyridine rings is 1. The van der Waals surface area contributed by atoms with Gasteiger partial charge in [-0.2, -0.15) is 0 Å². The summed E-state index contributed by atoms with van der Waals surface area (Å²) in [4.78, 5) is 16.8. The number of hydrogen-bond donors (Lipinski definition) is 1. The molecule has 0 unspecified atom stereocenters. The molecular weight excluding hydrogens is 320 g/mol. The third kappa shape index (κ3) is 2.91. The molecule has 4 nitrogen and oxygen atoms in total. The van der Waals surface area contributed by atoms with E-state index >= 15 is 0 Å². The van der Waals surface area contributed by atoms with E-state index in [2.05, 4.69) is 10.3 Å². The second kappa shape index (κ2) is 6.34. The van der Waals surface area contributed by atoms with Crippen molar-refractivity contribution < 1.29 is 9.53 Å². The van der Waals surface area contributed by atoms with Crippen molar-refractivity contribution in [3.63, 3.8) is 0 Å². The SMILES string of the molecule is CCOC(=O)c1sc2cnccc2c1Nc1ccc(Cl)cc1. The van der Waals surface area contributed by atoms with Crippen molar-refractivity contribution in [2.75, 3.05) is 11.9 Å². The second-order valence-corrected chi connectivity index (χ2v) is 6.02. The number of fused-ring (bicyclic) bond motifs is 1. The topological polar surface area (TPSA) is 51.2 Å². The summed E-state index contributed by atoms with van der Waals surface area (Å²) < 4.78 is 6.08. The Kier molecular flexibility index (Phi) is 4.27. The van der Waals surface area contributed by atoms with Gasteiger partial charge in [-0.05, 0) is 37.3 Å². The Morgan fingerprint density at radius 3 is 2.82 bits per heavy atom. The molecular formula is C16H13ClN2O2S. The fraction of sp³-hybridized carbons (Fsp3) is 0.125. The van der Waals surface area contributed by atoms with Gasteiger partial charge < -0.3 is 10.1 Å². The zero-order valence-corrected chi connectivity index (χ0v) is 13.4. The molecule has 0 aliphatic carbocycles. The second-order valence-electron chi connectivity index (χ2n) is 4.53. The van der Waals surface area contributed by atoms with Crippen LogP contribution in [-0.4, -0.2) is 17.6 Å². The van der Waals surface area contributed by atoms with Gasteiger partial charge in [0, 0.05) is 28.5 Å². The van der Waals surface area contributed by atoms with Gasteiger partial charge in [0.1, 0.15) is 4.88 Å². The summed E-state index contributed by atoms with van der Waals surface area (Å²) in [6.45, 7) is 2.13. The highest BCUT2D eigenvalue weighted by atomic mass is 35.5. The Labute approximate surface area is 136 Å². The van der Waals surface area contributed by atoms with E-state index in [1.165, 1.54) is 11.3 Å². The molecule has 0 saturated heterocycles. The summed E-state index contributed by atoms with van der Waals surface area (Å²) in [5.74, 6) is -0.333. The molecule has 6 heteroatoms. The molecule has 0 saturated carbocycles. The summed E-state index contributed by atoms with van der Waals surface area (Å²) in [5.41, 5.74) is 1.59. The fourth-order valence-corrected chi connectivity index (χ4v) is 3.24. The molecule has 0 fully saturated rings. The minimum absolute atomic E-state index is 0.333. The van der Waals surface area contributed by atoms with Crippen LogP contribution in [-0.2, 0) is 4.74 Å². The first kappa shape index (κ1) is 14.8. The maximum Gasteiger partial charge on any atom is 0.350 e. The Morgan fingerprint density at radius 1 is 1.32 bits per heavy atom. The molecule has 3 aromatic rings. The molecule has 22 heavy (non-hydrogen) atoms. The van der Waals surface area contributed by atoms with Crippen molar-refractivity contribution in [1.82, 2.24) is 4.98 Å². The summed E-state index contributed by atoms with van der Waals surface area (Å²) >= 11 is 7.27. The zero-order chi connectivity index (χ0) is 15.5. The highest BCUT2D eigenvalue weighted by Gasteiger charge is 2.19. The normalized spacial score (nSPS) is 10.6. The first-order valence-electron chi connectivity index (χ1n) is 6.75. The highest BCUT2D eigenvalue weighted by Crippen LogP contribution is 2.37. The molecule has 0 aliphatic rings. The molecule has 0 radical (unpaired) electrons. The summed E-state index contributed by atoms with van der Waals surface area (Å²) in [6.07, 6.45) is 3.45. The number of aromatic nitrogens is 1. The lowest BCUT2D eigenvalue weighted by Gasteiger charge is -2.08. The van der Waals surface area contributed by atoms with E-state index in [1.807, 2.05) is 18.2 Å². The standard InChI is InChI=1S/C16H13ClN2O2S/c1-2-21-16(20)15-14(12-7-8-18-9-13(12)22-15)19-11-5-3-10(17)4-6-11/h3-9,19H,2H2,1H3. The van der Waals surface area contributed by atoms with E-state index in [-0.39, 0.29) is 5.97 Å². The van der Waals surface area contributed by atoms with Gasteiger partial charge >= 0.3 is 5.97 Å². The number of rotatable bonds is 4. The van der Waals surface area contributed by atoms with Crippen LogP contribution in [0.1, 0.15) is 16.6 Å². The lowest BCUT2D eigenvalue weighted by molar-refractivity contribution is 0.0533. The number of halogens is 1. The van der Waals surface area contributed by atoms with Gasteiger partial charge in [0.15, 0.2) is 0 Å². The van der Waals surface area contributed by atoms with Crippen molar-refractivity contribution in [1.29, 1.82) is 0 Å². The third-order valence-electron chi connectivity index (χ3n) is 3.07. The first-order chi connectivity index (χ1) is 10.7. The van der Waals surface area contributed by atoms with Crippen LogP contribution in [0.25, 0.3) is 10.1 Å². The van der Waals surface area contributed by atoms with Crippen molar-refractivity contribution in [3.05, 3.63) is 52.6 Å². The lowest BCUT2D eigenvalue weighted by Crippen LogP contribution is -2.05. The number of ether oxygens (including phenoxy) is 1. The summed E-state index contributed by atoms with van der Waals surface area (Å²) in [5, 5.41) is 4.89. The van der Waals surface area contributed by atoms with E-state index in [1.54, 1.807) is 31.5 Å². The van der Waals surface area contributed by atoms with Gasteiger partial charge in [-0.1, -0.05) is 11.6 Å². The Hall–Kier alpha value is -2.11. The molecule has 0 atom stereocenters. The fourth-order valence-electron chi connectivity index (χ4n) is 2.09. The van der Waals surface area contributed by atoms with E-state index in [4.69, 9.17) is 16.3 Å². The molecule has 0 bridgehead atoms. The Morgan fingerprint density at radius 2 is 2.09 bits per heavy atom. The van der Waals surface area contributed by atoms with Crippen LogP contribution >= 0.6 is 22.9 Å².